The van der Waals surface area contributed by atoms with Crippen molar-refractivity contribution in [2.24, 2.45) is 0 Å². The highest BCUT2D eigenvalue weighted by atomic mass is 127. The number of nitrogens with two attached hydrogens (primary N) is 1. The average Bonchev–Trinajstić information content (AvgIpc) is 3.23. The van der Waals surface area contributed by atoms with Crippen LogP contribution in [0.25, 0.3) is 0 Å². The maximum Gasteiger partial charge on any atom is 0.186 e. The Morgan fingerprint density at radius 1 is 1.11 bits per heavy atom. The normalized spacial score (nSPS) is 13.9. The van der Waals surface area contributed by atoms with Crippen molar-refractivity contribution < 1.29 is 28.5 Å². The van der Waals surface area contributed by atoms with Gasteiger partial charge in [0.2, 0.25) is 0 Å². The summed E-state index contributed by atoms with van der Waals surface area (Å²) in [6.45, 7) is 1.04. The van der Waals surface area contributed by atoms with Crippen molar-refractivity contribution in [2.75, 3.05) is 5.73 Å². The molecule has 0 bridgehead atoms. The lowest BCUT2D eigenvalue weighted by Gasteiger charge is -2.04. The predicted molar refractivity (Wildman–Crippen MR) is 73.2 cm³/mol. The van der Waals surface area contributed by atoms with Crippen molar-refractivity contribution in [1.82, 2.24) is 0 Å². The molecule has 0 aliphatic heterocycles. The number of aromatic nitrogens is 1. The van der Waals surface area contributed by atoms with Gasteiger partial charge in [0.25, 0.3) is 0 Å². The van der Waals surface area contributed by atoms with Crippen LogP contribution in [-0.2, 0) is 13.0 Å². The molecule has 2 aromatic rings. The number of aryl methyl sites for hydroxylation is 2. The summed E-state index contributed by atoms with van der Waals surface area (Å²) < 4.78 is 2.36. The lowest BCUT2D eigenvalue weighted by molar-refractivity contribution is -0.703. The zero-order valence-corrected chi connectivity index (χ0v) is 13.1. The Morgan fingerprint density at radius 2 is 1.84 bits per heavy atom. The summed E-state index contributed by atoms with van der Waals surface area (Å²) in [7, 11) is 0. The van der Waals surface area contributed by atoms with Gasteiger partial charge >= 0.3 is 0 Å². The Balaban J connectivity index is 0.00000133. The van der Waals surface area contributed by atoms with Crippen LogP contribution in [0.15, 0.2) is 48.7 Å². The van der Waals surface area contributed by atoms with Gasteiger partial charge in [-0.1, -0.05) is 30.3 Å². The smallest absolute Gasteiger partial charge is 0.186 e. The van der Waals surface area contributed by atoms with Crippen molar-refractivity contribution in [1.29, 1.82) is 0 Å². The molecule has 0 unspecified atom stereocenters. The number of nitrogens with zero attached hydrogens (tertiary/aromatic N) is 1. The fourth-order valence-corrected chi connectivity index (χ4v) is 2.39. The van der Waals surface area contributed by atoms with E-state index in [0.29, 0.717) is 0 Å². The summed E-state index contributed by atoms with van der Waals surface area (Å²) in [6.07, 6.45) is 5.84. The Hall–Kier alpha value is -1.10. The van der Waals surface area contributed by atoms with Crippen LogP contribution in [0.3, 0.4) is 0 Å². The Labute approximate surface area is 131 Å². The first kappa shape index (κ1) is 14.3. The summed E-state index contributed by atoms with van der Waals surface area (Å²) in [5.41, 5.74) is 9.57. The molecular weight excluding hydrogens is 347 g/mol. The standard InChI is InChI=1S/C16H18N2.HI/c17-15-9-11-18(16(12-15)14-6-7-14)10-8-13-4-2-1-3-5-13;/h1-5,9,11-12,14,17H,6-8,10H2;1H. The third-order valence-electron chi connectivity index (χ3n) is 3.57. The molecule has 0 amide bonds. The van der Waals surface area contributed by atoms with Crippen LogP contribution in [-0.4, -0.2) is 0 Å². The lowest BCUT2D eigenvalue weighted by Crippen LogP contribution is -3.00. The number of halogens is 1. The SMILES string of the molecule is Nc1cc[n+](CCc2ccccc2)c(C2CC2)c1.[I-]. The van der Waals surface area contributed by atoms with Crippen LogP contribution in [0.2, 0.25) is 0 Å². The minimum atomic E-state index is 0. The van der Waals surface area contributed by atoms with Gasteiger partial charge < -0.3 is 29.7 Å². The van der Waals surface area contributed by atoms with Gasteiger partial charge in [-0.25, -0.2) is 4.57 Å². The van der Waals surface area contributed by atoms with Crippen molar-refractivity contribution in [3.8, 4) is 0 Å². The van der Waals surface area contributed by atoms with E-state index in [1.165, 1.54) is 24.1 Å². The first-order valence-electron chi connectivity index (χ1n) is 6.66. The van der Waals surface area contributed by atoms with Crippen LogP contribution in [0.4, 0.5) is 5.69 Å². The number of hydrogen-bond acceptors (Lipinski definition) is 1. The molecule has 1 fully saturated rings. The van der Waals surface area contributed by atoms with E-state index in [9.17, 15) is 0 Å². The quantitative estimate of drug-likeness (QED) is 0.584. The van der Waals surface area contributed by atoms with Gasteiger partial charge in [0.15, 0.2) is 18.4 Å². The van der Waals surface area contributed by atoms with Crippen LogP contribution in [0.1, 0.15) is 30.0 Å². The Kier molecular flexibility index (Phi) is 4.80. The summed E-state index contributed by atoms with van der Waals surface area (Å²) in [6, 6.07) is 14.8. The van der Waals surface area contributed by atoms with Gasteiger partial charge in [-0.05, 0) is 18.4 Å². The summed E-state index contributed by atoms with van der Waals surface area (Å²) in [5.74, 6) is 0.740. The first-order chi connectivity index (χ1) is 8.83. The number of rotatable bonds is 4. The van der Waals surface area contributed by atoms with E-state index >= 15 is 0 Å². The molecule has 1 heterocycles. The minimum Gasteiger partial charge on any atom is -1.00 e. The summed E-state index contributed by atoms with van der Waals surface area (Å²) >= 11 is 0. The molecule has 2 nitrogen and oxygen atoms in total. The van der Waals surface area contributed by atoms with Crippen LogP contribution in [0.5, 0.6) is 0 Å². The zero-order valence-electron chi connectivity index (χ0n) is 10.9. The molecule has 0 saturated heterocycles. The molecule has 0 spiro atoms. The van der Waals surface area contributed by atoms with Crippen LogP contribution in [0, 0.1) is 0 Å². The zero-order chi connectivity index (χ0) is 12.4. The number of pyridine rings is 1. The second kappa shape index (κ2) is 6.37. The molecule has 1 aliphatic rings. The summed E-state index contributed by atoms with van der Waals surface area (Å²) in [5, 5.41) is 0. The monoisotopic (exact) mass is 366 g/mol. The maximum absolute atomic E-state index is 5.89. The van der Waals surface area contributed by atoms with Gasteiger partial charge in [-0.3, -0.25) is 0 Å². The van der Waals surface area contributed by atoms with Crippen LogP contribution >= 0.6 is 0 Å². The third-order valence-corrected chi connectivity index (χ3v) is 3.57. The van der Waals surface area contributed by atoms with Crippen molar-refractivity contribution >= 4 is 5.69 Å². The maximum atomic E-state index is 5.89. The summed E-state index contributed by atoms with van der Waals surface area (Å²) in [4.78, 5) is 0. The van der Waals surface area contributed by atoms with E-state index in [4.69, 9.17) is 5.73 Å². The van der Waals surface area contributed by atoms with E-state index in [0.717, 1.165) is 24.6 Å². The molecule has 1 aliphatic carbocycles. The van der Waals surface area contributed by atoms with E-state index in [1.807, 2.05) is 6.07 Å². The highest BCUT2D eigenvalue weighted by molar-refractivity contribution is 5.37. The fraction of sp³-hybridized carbons (Fsp3) is 0.312. The largest absolute Gasteiger partial charge is 1.00 e. The van der Waals surface area contributed by atoms with Gasteiger partial charge in [-0.2, -0.15) is 0 Å². The Bertz CT molecular complexity index is 536. The van der Waals surface area contributed by atoms with E-state index in [1.54, 1.807) is 0 Å². The lowest BCUT2D eigenvalue weighted by atomic mass is 10.1. The highest BCUT2D eigenvalue weighted by Gasteiger charge is 2.31. The third kappa shape index (κ3) is 3.69. The molecule has 1 aromatic heterocycles. The molecule has 1 aromatic carbocycles. The van der Waals surface area contributed by atoms with Gasteiger partial charge in [-0.15, -0.1) is 0 Å². The molecule has 100 valence electrons. The molecule has 1 saturated carbocycles. The Morgan fingerprint density at radius 3 is 2.53 bits per heavy atom. The first-order valence-corrected chi connectivity index (χ1v) is 6.66. The predicted octanol–water partition coefficient (Wildman–Crippen LogP) is -0.320. The number of hydrogen-bond donors (Lipinski definition) is 1. The molecule has 0 radical (unpaired) electrons. The molecule has 0 atom stereocenters. The second-order valence-electron chi connectivity index (χ2n) is 5.09. The average molecular weight is 366 g/mol. The van der Waals surface area contributed by atoms with E-state index in [2.05, 4.69) is 47.2 Å². The van der Waals surface area contributed by atoms with Crippen molar-refractivity contribution in [3.63, 3.8) is 0 Å². The van der Waals surface area contributed by atoms with Gasteiger partial charge in [0.1, 0.15) is 0 Å². The highest BCUT2D eigenvalue weighted by Crippen LogP contribution is 2.38. The molecule has 3 heteroatoms. The fourth-order valence-electron chi connectivity index (χ4n) is 2.39. The second-order valence-corrected chi connectivity index (χ2v) is 5.09. The van der Waals surface area contributed by atoms with E-state index < -0.39 is 0 Å². The van der Waals surface area contributed by atoms with Crippen molar-refractivity contribution in [3.05, 3.63) is 59.9 Å². The molecule has 3 rings (SSSR count). The van der Waals surface area contributed by atoms with Gasteiger partial charge in [0.05, 0.1) is 0 Å². The van der Waals surface area contributed by atoms with Crippen LogP contribution < -0.4 is 34.3 Å². The number of anilines is 1. The molecular formula is C16H19IN2. The number of benzene rings is 1. The van der Waals surface area contributed by atoms with E-state index in [-0.39, 0.29) is 24.0 Å². The minimum absolute atomic E-state index is 0. The topological polar surface area (TPSA) is 29.9 Å². The van der Waals surface area contributed by atoms with Gasteiger partial charge in [0, 0.05) is 30.2 Å². The molecule has 19 heavy (non-hydrogen) atoms. The molecule has 2 N–H and O–H groups in total. The number of nitrogen functional groups attached to an aromatic ring is 1. The van der Waals surface area contributed by atoms with Crippen molar-refractivity contribution in [2.45, 2.75) is 31.7 Å².